The summed E-state index contributed by atoms with van der Waals surface area (Å²) in [7, 11) is 3.19. The molecule has 0 spiro atoms. The van der Waals surface area contributed by atoms with Crippen molar-refractivity contribution in [3.8, 4) is 11.5 Å². The van der Waals surface area contributed by atoms with Gasteiger partial charge in [0.25, 0.3) is 0 Å². The van der Waals surface area contributed by atoms with Gasteiger partial charge in [0.15, 0.2) is 0 Å². The van der Waals surface area contributed by atoms with Crippen LogP contribution in [0.2, 0.25) is 0 Å². The molecule has 1 aromatic heterocycles. The second-order valence-corrected chi connectivity index (χ2v) is 7.06. The average Bonchev–Trinajstić information content (AvgIpc) is 3.03. The van der Waals surface area contributed by atoms with Crippen molar-refractivity contribution in [3.05, 3.63) is 47.0 Å². The highest BCUT2D eigenvalue weighted by Crippen LogP contribution is 2.27. The van der Waals surface area contributed by atoms with Gasteiger partial charge in [-0.2, -0.15) is 0 Å². The standard InChI is InChI=1S/C20H22N2O3S/c1-4-5-20-22-16-8-6-14(12-18(16)26-20)21-19(23)11-13-10-15(24-2)7-9-17(13)25-3/h6-10,12H,4-5,11H2,1-3H3,(H,21,23). The van der Waals surface area contributed by atoms with Crippen molar-refractivity contribution in [2.24, 2.45) is 0 Å². The molecule has 0 radical (unpaired) electrons. The van der Waals surface area contributed by atoms with E-state index in [0.29, 0.717) is 11.5 Å². The molecule has 0 saturated carbocycles. The minimum atomic E-state index is -0.103. The molecule has 0 aliphatic carbocycles. The van der Waals surface area contributed by atoms with Crippen molar-refractivity contribution in [1.29, 1.82) is 0 Å². The molecule has 6 heteroatoms. The molecule has 0 aliphatic heterocycles. The van der Waals surface area contributed by atoms with Crippen LogP contribution >= 0.6 is 11.3 Å². The smallest absolute Gasteiger partial charge is 0.228 e. The van der Waals surface area contributed by atoms with Gasteiger partial charge >= 0.3 is 0 Å². The normalized spacial score (nSPS) is 10.7. The number of aryl methyl sites for hydroxylation is 1. The van der Waals surface area contributed by atoms with Crippen molar-refractivity contribution in [3.63, 3.8) is 0 Å². The summed E-state index contributed by atoms with van der Waals surface area (Å²) in [6.45, 7) is 2.14. The summed E-state index contributed by atoms with van der Waals surface area (Å²) in [5.74, 6) is 1.26. The Bertz CT molecular complexity index is 921. The van der Waals surface area contributed by atoms with Crippen LogP contribution in [0.4, 0.5) is 5.69 Å². The number of nitrogens with one attached hydrogen (secondary N) is 1. The lowest BCUT2D eigenvalue weighted by Crippen LogP contribution is -2.15. The van der Waals surface area contributed by atoms with E-state index >= 15 is 0 Å². The Balaban J connectivity index is 1.74. The number of methoxy groups -OCH3 is 2. The molecule has 5 nitrogen and oxygen atoms in total. The lowest BCUT2D eigenvalue weighted by Gasteiger charge is -2.11. The van der Waals surface area contributed by atoms with Crippen molar-refractivity contribution in [2.45, 2.75) is 26.2 Å². The highest BCUT2D eigenvalue weighted by Gasteiger charge is 2.11. The van der Waals surface area contributed by atoms with Crippen molar-refractivity contribution >= 4 is 33.1 Å². The third-order valence-corrected chi connectivity index (χ3v) is 5.10. The van der Waals surface area contributed by atoms with E-state index in [1.54, 1.807) is 31.6 Å². The molecular weight excluding hydrogens is 348 g/mol. The molecule has 0 fully saturated rings. The maximum Gasteiger partial charge on any atom is 0.228 e. The Kier molecular flexibility index (Phi) is 5.73. The van der Waals surface area contributed by atoms with Crippen molar-refractivity contribution in [2.75, 3.05) is 19.5 Å². The number of aromatic nitrogens is 1. The summed E-state index contributed by atoms with van der Waals surface area (Å²) in [5, 5.41) is 4.09. The highest BCUT2D eigenvalue weighted by atomic mass is 32.1. The van der Waals surface area contributed by atoms with Crippen LogP contribution < -0.4 is 14.8 Å². The Morgan fingerprint density at radius 3 is 2.73 bits per heavy atom. The molecule has 1 N–H and O–H groups in total. The number of hydrogen-bond acceptors (Lipinski definition) is 5. The largest absolute Gasteiger partial charge is 0.497 e. The molecule has 0 unspecified atom stereocenters. The lowest BCUT2D eigenvalue weighted by atomic mass is 10.1. The third-order valence-electron chi connectivity index (χ3n) is 4.02. The van der Waals surface area contributed by atoms with Gasteiger partial charge in [0.05, 0.1) is 35.9 Å². The first kappa shape index (κ1) is 18.2. The minimum absolute atomic E-state index is 0.103. The number of benzene rings is 2. The van der Waals surface area contributed by atoms with E-state index < -0.39 is 0 Å². The number of nitrogens with zero attached hydrogens (tertiary/aromatic N) is 1. The number of hydrogen-bond donors (Lipinski definition) is 1. The topological polar surface area (TPSA) is 60.5 Å². The van der Waals surface area contributed by atoms with Gasteiger partial charge in [0, 0.05) is 11.3 Å². The number of carbonyl (C=O) groups excluding carboxylic acids is 1. The summed E-state index contributed by atoms with van der Waals surface area (Å²) in [6.07, 6.45) is 2.27. The average molecular weight is 370 g/mol. The fourth-order valence-electron chi connectivity index (χ4n) is 2.77. The zero-order valence-electron chi connectivity index (χ0n) is 15.2. The number of rotatable bonds is 7. The maximum atomic E-state index is 12.5. The summed E-state index contributed by atoms with van der Waals surface area (Å²) < 4.78 is 11.7. The number of fused-ring (bicyclic) bond motifs is 1. The number of carbonyl (C=O) groups is 1. The maximum absolute atomic E-state index is 12.5. The molecular formula is C20H22N2O3S. The number of amides is 1. The Hall–Kier alpha value is -2.60. The van der Waals surface area contributed by atoms with Crippen LogP contribution in [-0.4, -0.2) is 25.1 Å². The molecule has 26 heavy (non-hydrogen) atoms. The number of anilines is 1. The van der Waals surface area contributed by atoms with Crippen LogP contribution in [0.5, 0.6) is 11.5 Å². The molecule has 0 atom stereocenters. The summed E-state index contributed by atoms with van der Waals surface area (Å²) in [6, 6.07) is 11.3. The molecule has 0 aliphatic rings. The van der Waals surface area contributed by atoms with Gasteiger partial charge in [-0.25, -0.2) is 4.98 Å². The predicted molar refractivity (Wildman–Crippen MR) is 105 cm³/mol. The molecule has 1 amide bonds. The van der Waals surface area contributed by atoms with E-state index in [4.69, 9.17) is 9.47 Å². The highest BCUT2D eigenvalue weighted by molar-refractivity contribution is 7.18. The van der Waals surface area contributed by atoms with Crippen LogP contribution in [0.25, 0.3) is 10.2 Å². The predicted octanol–water partition coefficient (Wildman–Crippen LogP) is 4.45. The van der Waals surface area contributed by atoms with E-state index in [2.05, 4.69) is 17.2 Å². The van der Waals surface area contributed by atoms with E-state index in [1.807, 2.05) is 30.3 Å². The van der Waals surface area contributed by atoms with Gasteiger partial charge in [-0.3, -0.25) is 4.79 Å². The van der Waals surface area contributed by atoms with E-state index in [0.717, 1.165) is 39.3 Å². The van der Waals surface area contributed by atoms with Gasteiger partial charge in [0.2, 0.25) is 5.91 Å². The Morgan fingerprint density at radius 1 is 1.15 bits per heavy atom. The van der Waals surface area contributed by atoms with Gasteiger partial charge in [0.1, 0.15) is 11.5 Å². The van der Waals surface area contributed by atoms with Crippen LogP contribution in [0.15, 0.2) is 36.4 Å². The zero-order valence-corrected chi connectivity index (χ0v) is 16.0. The second-order valence-electron chi connectivity index (χ2n) is 5.94. The fourth-order valence-corrected chi connectivity index (χ4v) is 3.88. The van der Waals surface area contributed by atoms with Gasteiger partial charge < -0.3 is 14.8 Å². The molecule has 136 valence electrons. The molecule has 0 saturated heterocycles. The zero-order chi connectivity index (χ0) is 18.5. The first-order valence-electron chi connectivity index (χ1n) is 8.53. The van der Waals surface area contributed by atoms with E-state index in [9.17, 15) is 4.79 Å². The first-order valence-corrected chi connectivity index (χ1v) is 9.34. The monoisotopic (exact) mass is 370 g/mol. The second kappa shape index (κ2) is 8.19. The fraction of sp³-hybridized carbons (Fsp3) is 0.300. The summed E-state index contributed by atoms with van der Waals surface area (Å²) >= 11 is 1.68. The lowest BCUT2D eigenvalue weighted by molar-refractivity contribution is -0.115. The molecule has 3 aromatic rings. The van der Waals surface area contributed by atoms with Crippen LogP contribution in [-0.2, 0) is 17.6 Å². The Labute approximate surface area is 157 Å². The van der Waals surface area contributed by atoms with Gasteiger partial charge in [-0.15, -0.1) is 11.3 Å². The third kappa shape index (κ3) is 4.14. The van der Waals surface area contributed by atoms with Crippen LogP contribution in [0.1, 0.15) is 23.9 Å². The van der Waals surface area contributed by atoms with Gasteiger partial charge in [-0.1, -0.05) is 6.92 Å². The van der Waals surface area contributed by atoms with Crippen LogP contribution in [0, 0.1) is 0 Å². The van der Waals surface area contributed by atoms with E-state index in [-0.39, 0.29) is 12.3 Å². The minimum Gasteiger partial charge on any atom is -0.497 e. The Morgan fingerprint density at radius 2 is 2.00 bits per heavy atom. The molecule has 0 bridgehead atoms. The molecule has 2 aromatic carbocycles. The van der Waals surface area contributed by atoms with Gasteiger partial charge in [-0.05, 0) is 49.2 Å². The van der Waals surface area contributed by atoms with Crippen molar-refractivity contribution in [1.82, 2.24) is 4.98 Å². The molecule has 3 rings (SSSR count). The summed E-state index contributed by atoms with van der Waals surface area (Å²) in [5.41, 5.74) is 2.54. The van der Waals surface area contributed by atoms with Crippen LogP contribution in [0.3, 0.4) is 0 Å². The quantitative estimate of drug-likeness (QED) is 0.668. The summed E-state index contributed by atoms with van der Waals surface area (Å²) in [4.78, 5) is 17.1. The SMILES string of the molecule is CCCc1nc2ccc(NC(=O)Cc3cc(OC)ccc3OC)cc2s1. The van der Waals surface area contributed by atoms with E-state index in [1.165, 1.54) is 0 Å². The van der Waals surface area contributed by atoms with Crippen molar-refractivity contribution < 1.29 is 14.3 Å². The molecule has 1 heterocycles. The number of thiazole rings is 1. The number of ether oxygens (including phenoxy) is 2. The first-order chi connectivity index (χ1) is 12.6.